The maximum Gasteiger partial charge on any atom is 0.247 e. The molecule has 0 aliphatic carbocycles. The molecule has 0 unspecified atom stereocenters. The zero-order chi connectivity index (χ0) is 30.4. The summed E-state index contributed by atoms with van der Waals surface area (Å²) in [6.07, 6.45) is 3.01. The number of hydrogen-bond donors (Lipinski definition) is 2. The van der Waals surface area contributed by atoms with E-state index < -0.39 is 7.14 Å². The summed E-state index contributed by atoms with van der Waals surface area (Å²) >= 11 is 6.44. The SMILES string of the molecule is C=CC(=O)Nc1cc(Cc2ncc(Cl)c(Nc3ccccc3P(C)(C)=O)n2)c(OC)cc1C#CCN(C)C(C)(C)C. The standard InChI is InChI=1S/C31H37ClN5O3P/c1-9-29(38)34-25-17-22(26(40-6)18-21(25)13-12-16-37(5)31(2,3)4)19-28-33-20-23(32)30(36-28)35-24-14-10-11-15-27(24)41(7,8)39/h9-11,14-15,17-18,20H,1,16,19H2,2-8H3,(H,34,38)(H,33,35,36). The first-order chi connectivity index (χ1) is 19.2. The number of amides is 1. The van der Waals surface area contributed by atoms with E-state index in [1.165, 1.54) is 12.3 Å². The Balaban J connectivity index is 1.98. The van der Waals surface area contributed by atoms with Gasteiger partial charge in [-0.05, 0) is 71.5 Å². The van der Waals surface area contributed by atoms with Crippen molar-refractivity contribution in [1.82, 2.24) is 14.9 Å². The van der Waals surface area contributed by atoms with Gasteiger partial charge in [-0.1, -0.05) is 42.2 Å². The van der Waals surface area contributed by atoms with Crippen molar-refractivity contribution in [1.29, 1.82) is 0 Å². The predicted octanol–water partition coefficient (Wildman–Crippen LogP) is 5.93. The second-order valence-corrected chi connectivity index (χ2v) is 14.5. The Labute approximate surface area is 247 Å². The minimum absolute atomic E-state index is 0.0305. The van der Waals surface area contributed by atoms with Gasteiger partial charge in [0, 0.05) is 22.8 Å². The van der Waals surface area contributed by atoms with Gasteiger partial charge in [0.15, 0.2) is 5.82 Å². The third-order valence-electron chi connectivity index (χ3n) is 6.43. The second kappa shape index (κ2) is 13.4. The zero-order valence-electron chi connectivity index (χ0n) is 24.6. The van der Waals surface area contributed by atoms with E-state index in [-0.39, 0.29) is 17.9 Å². The molecular formula is C31H37ClN5O3P. The molecule has 0 saturated heterocycles. The first-order valence-electron chi connectivity index (χ1n) is 13.0. The molecule has 0 saturated carbocycles. The fraction of sp³-hybridized carbons (Fsp3) is 0.323. The molecule has 3 aromatic rings. The summed E-state index contributed by atoms with van der Waals surface area (Å²) in [5.41, 5.74) is 2.52. The van der Waals surface area contributed by atoms with Crippen LogP contribution in [0, 0.1) is 11.8 Å². The molecule has 3 rings (SSSR count). The van der Waals surface area contributed by atoms with E-state index in [2.05, 4.69) is 64.7 Å². The number of halogens is 1. The van der Waals surface area contributed by atoms with Crippen LogP contribution < -0.4 is 20.7 Å². The largest absolute Gasteiger partial charge is 0.496 e. The highest BCUT2D eigenvalue weighted by molar-refractivity contribution is 7.70. The summed E-state index contributed by atoms with van der Waals surface area (Å²) in [6, 6.07) is 11.0. The lowest BCUT2D eigenvalue weighted by atomic mass is 10.0. The van der Waals surface area contributed by atoms with Crippen LogP contribution in [0.15, 0.2) is 55.3 Å². The van der Waals surface area contributed by atoms with E-state index in [0.717, 1.165) is 5.56 Å². The van der Waals surface area contributed by atoms with Gasteiger partial charge in [0.25, 0.3) is 0 Å². The van der Waals surface area contributed by atoms with Crippen molar-refractivity contribution >= 4 is 47.1 Å². The number of benzene rings is 2. The predicted molar refractivity (Wildman–Crippen MR) is 170 cm³/mol. The van der Waals surface area contributed by atoms with Crippen molar-refractivity contribution in [2.24, 2.45) is 0 Å². The highest BCUT2D eigenvalue weighted by Gasteiger charge is 2.19. The Morgan fingerprint density at radius 1 is 1.22 bits per heavy atom. The van der Waals surface area contributed by atoms with Crippen molar-refractivity contribution in [2.75, 3.05) is 44.7 Å². The lowest BCUT2D eigenvalue weighted by Crippen LogP contribution is -2.38. The van der Waals surface area contributed by atoms with Gasteiger partial charge in [-0.2, -0.15) is 0 Å². The number of nitrogens with zero attached hydrogens (tertiary/aromatic N) is 3. The smallest absolute Gasteiger partial charge is 0.247 e. The first-order valence-corrected chi connectivity index (χ1v) is 16.0. The number of ether oxygens (including phenoxy) is 1. The highest BCUT2D eigenvalue weighted by Crippen LogP contribution is 2.38. The number of carbonyl (C=O) groups excluding carboxylic acids is 1. The normalized spacial score (nSPS) is 11.4. The second-order valence-electron chi connectivity index (χ2n) is 10.9. The number of carbonyl (C=O) groups is 1. The van der Waals surface area contributed by atoms with E-state index >= 15 is 0 Å². The summed E-state index contributed by atoms with van der Waals surface area (Å²) in [6.45, 7) is 13.9. The van der Waals surface area contributed by atoms with E-state index in [9.17, 15) is 9.36 Å². The van der Waals surface area contributed by atoms with Crippen molar-refractivity contribution < 1.29 is 14.1 Å². The van der Waals surface area contributed by atoms with Gasteiger partial charge in [0.2, 0.25) is 5.91 Å². The third kappa shape index (κ3) is 8.68. The lowest BCUT2D eigenvalue weighted by Gasteiger charge is -2.29. The number of methoxy groups -OCH3 is 1. The van der Waals surface area contributed by atoms with Crippen LogP contribution in [0.3, 0.4) is 0 Å². The molecule has 1 heterocycles. The Morgan fingerprint density at radius 2 is 1.93 bits per heavy atom. The molecule has 0 spiro atoms. The summed E-state index contributed by atoms with van der Waals surface area (Å²) in [4.78, 5) is 23.4. The molecule has 10 heteroatoms. The van der Waals surface area contributed by atoms with Gasteiger partial charge < -0.3 is 19.9 Å². The maximum atomic E-state index is 12.8. The van der Waals surface area contributed by atoms with E-state index in [1.54, 1.807) is 26.5 Å². The number of aromatic nitrogens is 2. The van der Waals surface area contributed by atoms with Gasteiger partial charge in [-0.15, -0.1) is 0 Å². The Kier molecular flexibility index (Phi) is 10.4. The number of rotatable bonds is 9. The van der Waals surface area contributed by atoms with Crippen LogP contribution in [0.5, 0.6) is 5.75 Å². The molecule has 0 bridgehead atoms. The molecule has 1 aromatic heterocycles. The molecular weight excluding hydrogens is 557 g/mol. The topological polar surface area (TPSA) is 96.5 Å². The number of anilines is 3. The molecule has 8 nitrogen and oxygen atoms in total. The summed E-state index contributed by atoms with van der Waals surface area (Å²) in [7, 11) is 1.03. The van der Waals surface area contributed by atoms with Crippen LogP contribution in [0.4, 0.5) is 17.2 Å². The van der Waals surface area contributed by atoms with E-state index in [0.29, 0.717) is 51.2 Å². The van der Waals surface area contributed by atoms with Gasteiger partial charge in [0.1, 0.15) is 23.7 Å². The minimum Gasteiger partial charge on any atom is -0.496 e. The van der Waals surface area contributed by atoms with Crippen LogP contribution in [0.2, 0.25) is 5.02 Å². The molecule has 2 N–H and O–H groups in total. The lowest BCUT2D eigenvalue weighted by molar-refractivity contribution is -0.111. The number of hydrogen-bond acceptors (Lipinski definition) is 7. The number of nitrogens with one attached hydrogen (secondary N) is 2. The van der Waals surface area contributed by atoms with Gasteiger partial charge in [-0.3, -0.25) is 9.69 Å². The molecule has 41 heavy (non-hydrogen) atoms. The molecule has 0 radical (unpaired) electrons. The van der Waals surface area contributed by atoms with Crippen molar-refractivity contribution in [3.05, 3.63) is 77.2 Å². The van der Waals surface area contributed by atoms with Gasteiger partial charge in [0.05, 0.1) is 36.8 Å². The average Bonchev–Trinajstić information content (AvgIpc) is 2.90. The molecule has 1 amide bonds. The van der Waals surface area contributed by atoms with Crippen LogP contribution in [-0.4, -0.2) is 60.3 Å². The van der Waals surface area contributed by atoms with Crippen LogP contribution in [0.1, 0.15) is 37.7 Å². The van der Waals surface area contributed by atoms with Crippen molar-refractivity contribution in [3.8, 4) is 17.6 Å². The molecule has 0 fully saturated rings. The molecule has 0 aliphatic heterocycles. The van der Waals surface area contributed by atoms with Crippen molar-refractivity contribution in [2.45, 2.75) is 32.7 Å². The first kappa shape index (κ1) is 31.9. The molecule has 0 atom stereocenters. The van der Waals surface area contributed by atoms with Crippen molar-refractivity contribution in [3.63, 3.8) is 0 Å². The monoisotopic (exact) mass is 593 g/mol. The summed E-state index contributed by atoms with van der Waals surface area (Å²) in [5, 5.41) is 7.09. The van der Waals surface area contributed by atoms with E-state index in [1.807, 2.05) is 37.4 Å². The van der Waals surface area contributed by atoms with Crippen LogP contribution >= 0.6 is 18.7 Å². The third-order valence-corrected chi connectivity index (χ3v) is 8.26. The molecule has 0 aliphatic rings. The summed E-state index contributed by atoms with van der Waals surface area (Å²) in [5.74, 6) is 7.44. The maximum absolute atomic E-state index is 12.8. The molecule has 216 valence electrons. The van der Waals surface area contributed by atoms with Crippen LogP contribution in [-0.2, 0) is 15.8 Å². The fourth-order valence-corrected chi connectivity index (χ4v) is 5.05. The Hall–Kier alpha value is -3.63. The average molecular weight is 594 g/mol. The Morgan fingerprint density at radius 3 is 2.56 bits per heavy atom. The number of para-hydroxylation sites is 1. The minimum atomic E-state index is -2.55. The quantitative estimate of drug-likeness (QED) is 0.180. The van der Waals surface area contributed by atoms with Gasteiger partial charge in [-0.25, -0.2) is 9.97 Å². The highest BCUT2D eigenvalue weighted by atomic mass is 35.5. The van der Waals surface area contributed by atoms with E-state index in [4.69, 9.17) is 16.3 Å². The van der Waals surface area contributed by atoms with Crippen LogP contribution in [0.25, 0.3) is 0 Å². The zero-order valence-corrected chi connectivity index (χ0v) is 26.3. The Bertz CT molecular complexity index is 1550. The molecule has 2 aromatic carbocycles. The van der Waals surface area contributed by atoms with Gasteiger partial charge >= 0.3 is 0 Å². The fourth-order valence-electron chi connectivity index (χ4n) is 3.76. The summed E-state index contributed by atoms with van der Waals surface area (Å²) < 4.78 is 18.5.